The number of carbonyl (C=O) groups excluding carboxylic acids is 1. The van der Waals surface area contributed by atoms with E-state index < -0.39 is 0 Å². The lowest BCUT2D eigenvalue weighted by molar-refractivity contribution is 0.0955. The number of nitrogens with two attached hydrogens (primary N) is 1. The molecule has 1 aromatic carbocycles. The van der Waals surface area contributed by atoms with Gasteiger partial charge in [-0.25, -0.2) is 5.84 Å². The van der Waals surface area contributed by atoms with Crippen molar-refractivity contribution in [2.24, 2.45) is 5.84 Å². The first-order valence-corrected chi connectivity index (χ1v) is 4.74. The molecule has 4 nitrogen and oxygen atoms in total. The van der Waals surface area contributed by atoms with Crippen LogP contribution in [0.3, 0.4) is 0 Å². The van der Waals surface area contributed by atoms with Crippen LogP contribution in [0.15, 0.2) is 18.2 Å². The summed E-state index contributed by atoms with van der Waals surface area (Å²) in [7, 11) is 0. The van der Waals surface area contributed by atoms with Gasteiger partial charge in [-0.15, -0.1) is 0 Å². The number of hydrazine groups is 1. The highest BCUT2D eigenvalue weighted by molar-refractivity contribution is 6.07. The predicted octanol–water partition coefficient (Wildman–Crippen LogP) is 1.39. The molecule has 0 saturated carbocycles. The van der Waals surface area contributed by atoms with Crippen molar-refractivity contribution in [1.29, 1.82) is 0 Å². The van der Waals surface area contributed by atoms with Crippen LogP contribution in [-0.4, -0.2) is 10.9 Å². The number of aromatic amines is 1. The Morgan fingerprint density at radius 3 is 2.80 bits per heavy atom. The van der Waals surface area contributed by atoms with E-state index in [2.05, 4.69) is 10.4 Å². The zero-order chi connectivity index (χ0) is 11.0. The van der Waals surface area contributed by atoms with Crippen LogP contribution in [0.5, 0.6) is 0 Å². The number of benzene rings is 1. The molecular weight excluding hydrogens is 190 g/mol. The molecule has 0 radical (unpaired) electrons. The molecule has 15 heavy (non-hydrogen) atoms. The lowest BCUT2D eigenvalue weighted by Crippen LogP contribution is -2.30. The fraction of sp³-hybridized carbons (Fsp3) is 0.182. The average Bonchev–Trinajstić information content (AvgIpc) is 2.54. The van der Waals surface area contributed by atoms with Gasteiger partial charge >= 0.3 is 0 Å². The summed E-state index contributed by atoms with van der Waals surface area (Å²) in [5.74, 6) is 4.88. The van der Waals surface area contributed by atoms with Crippen molar-refractivity contribution in [1.82, 2.24) is 10.4 Å². The fourth-order valence-electron chi connectivity index (χ4n) is 1.81. The molecular formula is C11H13N3O. The number of fused-ring (bicyclic) bond motifs is 1. The second kappa shape index (κ2) is 3.40. The smallest absolute Gasteiger partial charge is 0.265 e. The molecule has 1 amide bonds. The van der Waals surface area contributed by atoms with E-state index in [0.29, 0.717) is 5.56 Å². The number of nitrogens with one attached hydrogen (secondary N) is 2. The van der Waals surface area contributed by atoms with E-state index in [1.54, 1.807) is 6.07 Å². The molecule has 2 aromatic rings. The molecule has 0 atom stereocenters. The van der Waals surface area contributed by atoms with Gasteiger partial charge in [0.2, 0.25) is 0 Å². The fourth-order valence-corrected chi connectivity index (χ4v) is 1.81. The zero-order valence-corrected chi connectivity index (χ0v) is 8.72. The van der Waals surface area contributed by atoms with Crippen LogP contribution >= 0.6 is 0 Å². The van der Waals surface area contributed by atoms with Crippen LogP contribution in [0.4, 0.5) is 0 Å². The third-order valence-corrected chi connectivity index (χ3v) is 2.70. The highest BCUT2D eigenvalue weighted by Gasteiger charge is 2.13. The highest BCUT2D eigenvalue weighted by Crippen LogP contribution is 2.24. The van der Waals surface area contributed by atoms with Gasteiger partial charge in [0.1, 0.15) is 0 Å². The van der Waals surface area contributed by atoms with E-state index in [4.69, 9.17) is 5.84 Å². The maximum absolute atomic E-state index is 11.5. The van der Waals surface area contributed by atoms with Crippen LogP contribution in [-0.2, 0) is 0 Å². The van der Waals surface area contributed by atoms with Gasteiger partial charge in [-0.1, -0.05) is 6.07 Å². The lowest BCUT2D eigenvalue weighted by atomic mass is 10.1. The summed E-state index contributed by atoms with van der Waals surface area (Å²) >= 11 is 0. The summed E-state index contributed by atoms with van der Waals surface area (Å²) in [6.45, 7) is 3.97. The molecule has 0 spiro atoms. The Labute approximate surface area is 87.4 Å². The molecule has 0 aliphatic rings. The Kier molecular flexibility index (Phi) is 2.21. The average molecular weight is 203 g/mol. The third-order valence-electron chi connectivity index (χ3n) is 2.70. The molecule has 4 N–H and O–H groups in total. The van der Waals surface area contributed by atoms with Crippen molar-refractivity contribution < 1.29 is 4.79 Å². The number of H-pyrrole nitrogens is 1. The van der Waals surface area contributed by atoms with E-state index >= 15 is 0 Å². The highest BCUT2D eigenvalue weighted by atomic mass is 16.2. The number of aromatic nitrogens is 1. The van der Waals surface area contributed by atoms with Crippen molar-refractivity contribution in [2.45, 2.75) is 13.8 Å². The first-order valence-electron chi connectivity index (χ1n) is 4.74. The van der Waals surface area contributed by atoms with E-state index in [-0.39, 0.29) is 5.91 Å². The largest absolute Gasteiger partial charge is 0.358 e. The minimum atomic E-state index is -0.261. The molecule has 1 aromatic heterocycles. The molecule has 0 fully saturated rings. The van der Waals surface area contributed by atoms with Crippen molar-refractivity contribution in [3.63, 3.8) is 0 Å². The third kappa shape index (κ3) is 1.39. The molecule has 0 bridgehead atoms. The maximum atomic E-state index is 11.5. The predicted molar refractivity (Wildman–Crippen MR) is 59.4 cm³/mol. The van der Waals surface area contributed by atoms with E-state index in [1.165, 1.54) is 0 Å². The van der Waals surface area contributed by atoms with Crippen LogP contribution < -0.4 is 11.3 Å². The molecule has 1 heterocycles. The minimum Gasteiger partial charge on any atom is -0.358 e. The Morgan fingerprint density at radius 1 is 1.40 bits per heavy atom. The summed E-state index contributed by atoms with van der Waals surface area (Å²) in [5, 5.41) is 0.943. The molecule has 2 rings (SSSR count). The summed E-state index contributed by atoms with van der Waals surface area (Å²) in [6.07, 6.45) is 0. The number of nitrogen functional groups attached to an aromatic ring is 1. The summed E-state index contributed by atoms with van der Waals surface area (Å²) < 4.78 is 0. The molecule has 0 unspecified atom stereocenters. The van der Waals surface area contributed by atoms with Crippen molar-refractivity contribution in [2.75, 3.05) is 0 Å². The van der Waals surface area contributed by atoms with Gasteiger partial charge in [0.25, 0.3) is 5.91 Å². The zero-order valence-electron chi connectivity index (χ0n) is 8.72. The number of amides is 1. The number of aryl methyl sites for hydroxylation is 2. The van der Waals surface area contributed by atoms with E-state index in [1.807, 2.05) is 26.0 Å². The van der Waals surface area contributed by atoms with Gasteiger partial charge < -0.3 is 4.98 Å². The second-order valence-electron chi connectivity index (χ2n) is 3.58. The topological polar surface area (TPSA) is 70.9 Å². The van der Waals surface area contributed by atoms with E-state index in [0.717, 1.165) is 22.2 Å². The van der Waals surface area contributed by atoms with Crippen molar-refractivity contribution in [3.05, 3.63) is 35.0 Å². The second-order valence-corrected chi connectivity index (χ2v) is 3.58. The Balaban J connectivity index is 2.80. The number of carbonyl (C=O) groups is 1. The standard InChI is InChI=1S/C11H13N3O/c1-6-7(2)13-9-5-3-4-8(10(6)9)11(15)14-12/h3-5,13H,12H2,1-2H3,(H,14,15). The number of hydrogen-bond donors (Lipinski definition) is 3. The van der Waals surface area contributed by atoms with Gasteiger partial charge in [-0.3, -0.25) is 10.2 Å². The van der Waals surface area contributed by atoms with Crippen molar-refractivity contribution >= 4 is 16.8 Å². The van der Waals surface area contributed by atoms with Gasteiger partial charge in [0, 0.05) is 16.6 Å². The lowest BCUT2D eigenvalue weighted by Gasteiger charge is -2.02. The van der Waals surface area contributed by atoms with E-state index in [9.17, 15) is 4.79 Å². The van der Waals surface area contributed by atoms with Crippen LogP contribution in [0.2, 0.25) is 0 Å². The Hall–Kier alpha value is -1.81. The van der Waals surface area contributed by atoms with Crippen LogP contribution in [0.25, 0.3) is 10.9 Å². The maximum Gasteiger partial charge on any atom is 0.265 e. The molecule has 78 valence electrons. The Bertz CT molecular complexity index is 528. The SMILES string of the molecule is Cc1[nH]c2cccc(C(=O)NN)c2c1C. The summed E-state index contributed by atoms with van der Waals surface area (Å²) in [6, 6.07) is 5.55. The van der Waals surface area contributed by atoms with Gasteiger partial charge in [0.05, 0.1) is 5.56 Å². The first kappa shape index (κ1) is 9.73. The Morgan fingerprint density at radius 2 is 2.13 bits per heavy atom. The molecule has 0 aliphatic heterocycles. The van der Waals surface area contributed by atoms with Gasteiger partial charge in [0.15, 0.2) is 0 Å². The summed E-state index contributed by atoms with van der Waals surface area (Å²) in [5.41, 5.74) is 5.89. The molecule has 0 aliphatic carbocycles. The summed E-state index contributed by atoms with van der Waals surface area (Å²) in [4.78, 5) is 14.8. The monoisotopic (exact) mass is 203 g/mol. The minimum absolute atomic E-state index is 0.261. The number of rotatable bonds is 1. The molecule has 4 heteroatoms. The normalized spacial score (nSPS) is 10.6. The molecule has 0 saturated heterocycles. The quantitative estimate of drug-likeness (QED) is 0.372. The first-order chi connectivity index (χ1) is 7.15. The number of hydrogen-bond acceptors (Lipinski definition) is 2. The van der Waals surface area contributed by atoms with Gasteiger partial charge in [-0.2, -0.15) is 0 Å². The van der Waals surface area contributed by atoms with Crippen molar-refractivity contribution in [3.8, 4) is 0 Å². The van der Waals surface area contributed by atoms with Crippen LogP contribution in [0, 0.1) is 13.8 Å². The van der Waals surface area contributed by atoms with Crippen LogP contribution in [0.1, 0.15) is 21.6 Å². The van der Waals surface area contributed by atoms with Gasteiger partial charge in [-0.05, 0) is 31.5 Å².